The van der Waals surface area contributed by atoms with E-state index in [4.69, 9.17) is 5.11 Å². The third-order valence-electron chi connectivity index (χ3n) is 3.35. The van der Waals surface area contributed by atoms with Gasteiger partial charge in [0.1, 0.15) is 0 Å². The van der Waals surface area contributed by atoms with Crippen molar-refractivity contribution in [2.45, 2.75) is 47.9 Å². The van der Waals surface area contributed by atoms with E-state index in [1.54, 1.807) is 0 Å². The number of aliphatic hydroxyl groups is 1. The summed E-state index contributed by atoms with van der Waals surface area (Å²) in [6, 6.07) is 0. The van der Waals surface area contributed by atoms with Crippen molar-refractivity contribution in [2.24, 2.45) is 0 Å². The quantitative estimate of drug-likeness (QED) is 0.459. The highest BCUT2D eigenvalue weighted by molar-refractivity contribution is 5.84. The molecule has 0 saturated carbocycles. The van der Waals surface area contributed by atoms with E-state index in [1.807, 2.05) is 0 Å². The summed E-state index contributed by atoms with van der Waals surface area (Å²) in [6.45, 7) is -2.73. The maximum absolute atomic E-state index is 13.3. The Morgan fingerprint density at radius 3 is 1.33 bits per heavy atom. The van der Waals surface area contributed by atoms with E-state index in [9.17, 15) is 75.0 Å². The lowest BCUT2D eigenvalue weighted by Crippen LogP contribution is -2.74. The molecule has 0 atom stereocenters. The van der Waals surface area contributed by atoms with Gasteiger partial charge in [0.15, 0.2) is 0 Å². The summed E-state index contributed by atoms with van der Waals surface area (Å²) in [7, 11) is 0. The molecular formula is C11H7F16NO2. The standard InChI is InChI=1S/C11H7F16NO2/c12-3(13)5(14,15)7(18,19)9(22,23)11(26,27)10(24,25)8(20,21)6(16,17)4(30)28-1-2-29/h3,29H,1-2H2,(H,28,30). The van der Waals surface area contributed by atoms with Crippen LogP contribution in [-0.2, 0) is 4.79 Å². The summed E-state index contributed by atoms with van der Waals surface area (Å²) >= 11 is 0. The lowest BCUT2D eigenvalue weighted by molar-refractivity contribution is -0.443. The number of amides is 1. The smallest absolute Gasteiger partial charge is 0.392 e. The van der Waals surface area contributed by atoms with Crippen LogP contribution in [0.15, 0.2) is 0 Å². The molecule has 0 aromatic rings. The van der Waals surface area contributed by atoms with Gasteiger partial charge in [0.25, 0.3) is 5.91 Å². The minimum absolute atomic E-state index is 0.558. The fraction of sp³-hybridized carbons (Fsp3) is 0.909. The molecule has 0 aliphatic heterocycles. The molecule has 0 spiro atoms. The molecule has 0 fully saturated rings. The minimum Gasteiger partial charge on any atom is -0.395 e. The largest absolute Gasteiger partial charge is 0.395 e. The Morgan fingerprint density at radius 2 is 1.00 bits per heavy atom. The summed E-state index contributed by atoms with van der Waals surface area (Å²) < 4.78 is 207. The van der Waals surface area contributed by atoms with Gasteiger partial charge in [-0.25, -0.2) is 8.78 Å². The van der Waals surface area contributed by atoms with E-state index >= 15 is 0 Å². The maximum Gasteiger partial charge on any atom is 0.392 e. The fourth-order valence-corrected chi connectivity index (χ4v) is 1.56. The molecule has 0 bridgehead atoms. The molecule has 19 heteroatoms. The van der Waals surface area contributed by atoms with Crippen LogP contribution in [0.3, 0.4) is 0 Å². The number of aliphatic hydroxyl groups excluding tert-OH is 1. The Labute approximate surface area is 154 Å². The van der Waals surface area contributed by atoms with Crippen LogP contribution >= 0.6 is 0 Å². The minimum atomic E-state index is -8.55. The Hall–Kier alpha value is -1.69. The van der Waals surface area contributed by atoms with Crippen molar-refractivity contribution in [1.29, 1.82) is 0 Å². The number of nitrogens with one attached hydrogen (secondary N) is 1. The van der Waals surface area contributed by atoms with Gasteiger partial charge >= 0.3 is 47.9 Å². The molecule has 3 nitrogen and oxygen atoms in total. The Kier molecular flexibility index (Phi) is 7.34. The third kappa shape index (κ3) is 3.61. The van der Waals surface area contributed by atoms with Gasteiger partial charge in [-0.05, 0) is 0 Å². The van der Waals surface area contributed by atoms with Crippen molar-refractivity contribution in [3.05, 3.63) is 0 Å². The van der Waals surface area contributed by atoms with Crippen LogP contribution in [0.5, 0.6) is 0 Å². The predicted octanol–water partition coefficient (Wildman–Crippen LogP) is 3.81. The molecule has 2 N–H and O–H groups in total. The predicted molar refractivity (Wildman–Crippen MR) is 60.7 cm³/mol. The highest BCUT2D eigenvalue weighted by Gasteiger charge is 2.94. The van der Waals surface area contributed by atoms with Crippen molar-refractivity contribution in [3.8, 4) is 0 Å². The molecule has 180 valence electrons. The van der Waals surface area contributed by atoms with Gasteiger partial charge in [-0.1, -0.05) is 0 Å². The van der Waals surface area contributed by atoms with E-state index in [1.165, 1.54) is 0 Å². The van der Waals surface area contributed by atoms with Gasteiger partial charge in [0, 0.05) is 6.54 Å². The number of hydrogen-bond acceptors (Lipinski definition) is 2. The van der Waals surface area contributed by atoms with Gasteiger partial charge in [0.05, 0.1) is 6.61 Å². The molecule has 0 unspecified atom stereocenters. The summed E-state index contributed by atoms with van der Waals surface area (Å²) in [4.78, 5) is 10.8. The van der Waals surface area contributed by atoms with E-state index in [0.29, 0.717) is 5.32 Å². The van der Waals surface area contributed by atoms with Crippen LogP contribution in [0.4, 0.5) is 70.2 Å². The zero-order valence-corrected chi connectivity index (χ0v) is 13.4. The van der Waals surface area contributed by atoms with Crippen molar-refractivity contribution in [2.75, 3.05) is 13.2 Å². The molecule has 0 aliphatic rings. The normalized spacial score (nSPS) is 15.5. The number of alkyl halides is 16. The Balaban J connectivity index is 6.56. The summed E-state index contributed by atoms with van der Waals surface area (Å²) in [5, 5.41) is 8.72. The van der Waals surface area contributed by atoms with Gasteiger partial charge in [-0.15, -0.1) is 0 Å². The highest BCUT2D eigenvalue weighted by atomic mass is 19.4. The van der Waals surface area contributed by atoms with Crippen LogP contribution in [0.2, 0.25) is 0 Å². The van der Waals surface area contributed by atoms with E-state index < -0.39 is 66.9 Å². The zero-order valence-electron chi connectivity index (χ0n) is 13.4. The molecule has 0 radical (unpaired) electrons. The monoisotopic (exact) mass is 489 g/mol. The second-order valence-corrected chi connectivity index (χ2v) is 5.35. The molecule has 0 aromatic carbocycles. The molecule has 0 heterocycles. The van der Waals surface area contributed by atoms with Crippen LogP contribution in [0.25, 0.3) is 0 Å². The van der Waals surface area contributed by atoms with Crippen LogP contribution in [0.1, 0.15) is 0 Å². The molecule has 30 heavy (non-hydrogen) atoms. The maximum atomic E-state index is 13.3. The van der Waals surface area contributed by atoms with Gasteiger partial charge in [0.2, 0.25) is 0 Å². The number of carbonyl (C=O) groups is 1. The van der Waals surface area contributed by atoms with Crippen molar-refractivity contribution >= 4 is 5.91 Å². The lowest BCUT2D eigenvalue weighted by Gasteiger charge is -2.42. The first kappa shape index (κ1) is 28.3. The van der Waals surface area contributed by atoms with E-state index in [2.05, 4.69) is 0 Å². The highest BCUT2D eigenvalue weighted by Crippen LogP contribution is 2.62. The summed E-state index contributed by atoms with van der Waals surface area (Å²) in [6.07, 6.45) is -5.92. The molecule has 1 amide bonds. The summed E-state index contributed by atoms with van der Waals surface area (Å²) in [5.74, 6) is -59.8. The van der Waals surface area contributed by atoms with E-state index in [-0.39, 0.29) is 0 Å². The third-order valence-corrected chi connectivity index (χ3v) is 3.35. The first-order chi connectivity index (χ1) is 12.9. The number of carbonyl (C=O) groups excluding carboxylic acids is 1. The summed E-state index contributed by atoms with van der Waals surface area (Å²) in [5.41, 5.74) is 0. The molecule has 0 aliphatic carbocycles. The van der Waals surface area contributed by atoms with Crippen LogP contribution in [0, 0.1) is 0 Å². The number of hydrogen-bond donors (Lipinski definition) is 2. The first-order valence-corrected chi connectivity index (χ1v) is 6.74. The number of rotatable bonds is 10. The second-order valence-electron chi connectivity index (χ2n) is 5.35. The Bertz CT molecular complexity index is 631. The van der Waals surface area contributed by atoms with Crippen LogP contribution < -0.4 is 5.32 Å². The SMILES string of the molecule is O=C(NCCO)C(F)(F)C(F)(F)C(F)(F)C(F)(F)C(F)(F)C(F)(F)C(F)(F)C(F)F. The molecule has 0 saturated heterocycles. The topological polar surface area (TPSA) is 49.3 Å². The Morgan fingerprint density at radius 1 is 0.667 bits per heavy atom. The van der Waals surface area contributed by atoms with Crippen molar-refractivity contribution < 1.29 is 80.1 Å². The zero-order chi connectivity index (χ0) is 24.8. The molecule has 0 rings (SSSR count). The first-order valence-electron chi connectivity index (χ1n) is 6.74. The van der Waals surface area contributed by atoms with Gasteiger partial charge < -0.3 is 10.4 Å². The van der Waals surface area contributed by atoms with Crippen LogP contribution in [-0.4, -0.2) is 72.0 Å². The van der Waals surface area contributed by atoms with Crippen molar-refractivity contribution in [3.63, 3.8) is 0 Å². The average Bonchev–Trinajstić information content (AvgIpc) is 2.57. The second kappa shape index (κ2) is 7.77. The van der Waals surface area contributed by atoms with E-state index in [0.717, 1.165) is 0 Å². The molecular weight excluding hydrogens is 482 g/mol. The van der Waals surface area contributed by atoms with Gasteiger partial charge in [-0.3, -0.25) is 4.79 Å². The lowest BCUT2D eigenvalue weighted by atomic mass is 9.89. The number of halogens is 16. The van der Waals surface area contributed by atoms with Gasteiger partial charge in [-0.2, -0.15) is 61.5 Å². The van der Waals surface area contributed by atoms with Crippen molar-refractivity contribution in [1.82, 2.24) is 5.32 Å². The fourth-order valence-electron chi connectivity index (χ4n) is 1.56. The average molecular weight is 489 g/mol. The molecule has 0 aromatic heterocycles.